The van der Waals surface area contributed by atoms with Crippen molar-refractivity contribution in [3.8, 4) is 0 Å². The highest BCUT2D eigenvalue weighted by Gasteiger charge is 2.11. The maximum Gasteiger partial charge on any atom is 0.0606 e. The third kappa shape index (κ3) is 3.87. The summed E-state index contributed by atoms with van der Waals surface area (Å²) in [7, 11) is 1.92. The molecule has 1 rings (SSSR count). The molecule has 0 heterocycles. The lowest BCUT2D eigenvalue weighted by Crippen LogP contribution is -2.27. The first-order valence-corrected chi connectivity index (χ1v) is 6.84. The van der Waals surface area contributed by atoms with Crippen molar-refractivity contribution in [1.82, 2.24) is 5.32 Å². The zero-order chi connectivity index (χ0) is 13.5. The lowest BCUT2D eigenvalue weighted by Gasteiger charge is -2.24. The van der Waals surface area contributed by atoms with Crippen LogP contribution in [0.15, 0.2) is 18.2 Å². The van der Waals surface area contributed by atoms with Crippen LogP contribution in [0, 0.1) is 0 Å². The molecule has 102 valence electrons. The van der Waals surface area contributed by atoms with Crippen LogP contribution in [0.5, 0.6) is 0 Å². The summed E-state index contributed by atoms with van der Waals surface area (Å²) in [6.45, 7) is 5.94. The second-order valence-corrected chi connectivity index (χ2v) is 4.83. The summed E-state index contributed by atoms with van der Waals surface area (Å²) in [5.74, 6) is 0. The van der Waals surface area contributed by atoms with Gasteiger partial charge in [0, 0.05) is 29.8 Å². The first-order valence-electron chi connectivity index (χ1n) is 6.46. The van der Waals surface area contributed by atoms with Crippen LogP contribution >= 0.6 is 11.6 Å². The molecule has 0 amide bonds. The first kappa shape index (κ1) is 15.3. The van der Waals surface area contributed by atoms with Gasteiger partial charge in [0.1, 0.15) is 0 Å². The van der Waals surface area contributed by atoms with Crippen LogP contribution in [-0.2, 0) is 0 Å². The summed E-state index contributed by atoms with van der Waals surface area (Å²) in [4.78, 5) is 2.15. The SMILES string of the molecule is CCCN(CCO)c1ccc(C(C)NC)c(Cl)c1. The van der Waals surface area contributed by atoms with Crippen molar-refractivity contribution in [3.63, 3.8) is 0 Å². The number of benzene rings is 1. The maximum atomic E-state index is 9.09. The molecule has 1 aromatic carbocycles. The van der Waals surface area contributed by atoms with E-state index >= 15 is 0 Å². The van der Waals surface area contributed by atoms with E-state index in [1.807, 2.05) is 13.1 Å². The van der Waals surface area contributed by atoms with Crippen LogP contribution in [0.1, 0.15) is 31.9 Å². The number of nitrogens with one attached hydrogen (secondary N) is 1. The normalized spacial score (nSPS) is 12.5. The summed E-state index contributed by atoms with van der Waals surface area (Å²) in [6, 6.07) is 6.35. The molecule has 0 aliphatic rings. The number of rotatable bonds is 7. The Labute approximate surface area is 115 Å². The Bertz CT molecular complexity index is 365. The molecule has 0 bridgehead atoms. The monoisotopic (exact) mass is 270 g/mol. The number of hydrogen-bond donors (Lipinski definition) is 2. The van der Waals surface area contributed by atoms with Crippen molar-refractivity contribution in [1.29, 1.82) is 0 Å². The fourth-order valence-corrected chi connectivity index (χ4v) is 2.32. The lowest BCUT2D eigenvalue weighted by molar-refractivity contribution is 0.302. The molecular formula is C14H23ClN2O. The van der Waals surface area contributed by atoms with Gasteiger partial charge in [0.15, 0.2) is 0 Å². The average Bonchev–Trinajstić information content (AvgIpc) is 2.37. The number of halogens is 1. The van der Waals surface area contributed by atoms with Crippen LogP contribution in [0.2, 0.25) is 5.02 Å². The van der Waals surface area contributed by atoms with Crippen molar-refractivity contribution in [2.75, 3.05) is 31.6 Å². The molecule has 0 spiro atoms. The fraction of sp³-hybridized carbons (Fsp3) is 0.571. The minimum Gasteiger partial charge on any atom is -0.395 e. The molecule has 2 N–H and O–H groups in total. The summed E-state index contributed by atoms with van der Waals surface area (Å²) in [5, 5.41) is 13.0. The van der Waals surface area contributed by atoms with E-state index in [1.54, 1.807) is 0 Å². The van der Waals surface area contributed by atoms with Crippen LogP contribution in [0.3, 0.4) is 0 Å². The van der Waals surface area contributed by atoms with E-state index in [4.69, 9.17) is 16.7 Å². The van der Waals surface area contributed by atoms with Crippen LogP contribution in [0.4, 0.5) is 5.69 Å². The number of hydrogen-bond acceptors (Lipinski definition) is 3. The highest BCUT2D eigenvalue weighted by atomic mass is 35.5. The number of aliphatic hydroxyl groups is 1. The minimum absolute atomic E-state index is 0.159. The van der Waals surface area contributed by atoms with Gasteiger partial charge in [-0.3, -0.25) is 0 Å². The predicted octanol–water partition coefficient (Wildman–Crippen LogP) is 2.83. The predicted molar refractivity (Wildman–Crippen MR) is 78.5 cm³/mol. The number of nitrogens with zero attached hydrogens (tertiary/aromatic N) is 1. The molecule has 0 saturated heterocycles. The van der Waals surface area contributed by atoms with E-state index in [9.17, 15) is 0 Å². The van der Waals surface area contributed by atoms with Crippen LogP contribution < -0.4 is 10.2 Å². The van der Waals surface area contributed by atoms with Crippen molar-refractivity contribution >= 4 is 17.3 Å². The Morgan fingerprint density at radius 1 is 1.39 bits per heavy atom. The van der Waals surface area contributed by atoms with Gasteiger partial charge in [-0.15, -0.1) is 0 Å². The second kappa shape index (κ2) is 7.62. The molecule has 0 aliphatic heterocycles. The third-order valence-electron chi connectivity index (χ3n) is 3.11. The lowest BCUT2D eigenvalue weighted by atomic mass is 10.1. The number of anilines is 1. The summed E-state index contributed by atoms with van der Waals surface area (Å²) in [5.41, 5.74) is 2.17. The molecule has 18 heavy (non-hydrogen) atoms. The molecule has 0 radical (unpaired) electrons. The van der Waals surface area contributed by atoms with E-state index in [1.165, 1.54) is 0 Å². The molecule has 0 aliphatic carbocycles. The van der Waals surface area contributed by atoms with Gasteiger partial charge in [-0.05, 0) is 38.1 Å². The Kier molecular flexibility index (Phi) is 6.47. The van der Waals surface area contributed by atoms with E-state index in [0.717, 1.165) is 29.2 Å². The Balaban J connectivity index is 2.93. The molecule has 1 atom stereocenters. The van der Waals surface area contributed by atoms with Crippen LogP contribution in [0.25, 0.3) is 0 Å². The highest BCUT2D eigenvalue weighted by Crippen LogP contribution is 2.27. The standard InChI is InChI=1S/C14H23ClN2O/c1-4-7-17(8-9-18)12-5-6-13(11(2)16-3)14(15)10-12/h5-6,10-11,16,18H,4,7-9H2,1-3H3. The maximum absolute atomic E-state index is 9.09. The van der Waals surface area contributed by atoms with Gasteiger partial charge in [0.2, 0.25) is 0 Å². The van der Waals surface area contributed by atoms with Gasteiger partial charge in [-0.1, -0.05) is 24.6 Å². The number of aliphatic hydroxyl groups excluding tert-OH is 1. The summed E-state index contributed by atoms with van der Waals surface area (Å²) < 4.78 is 0. The van der Waals surface area contributed by atoms with Gasteiger partial charge in [-0.25, -0.2) is 0 Å². The summed E-state index contributed by atoms with van der Waals surface area (Å²) in [6.07, 6.45) is 1.05. The quantitative estimate of drug-likeness (QED) is 0.800. The van der Waals surface area contributed by atoms with Gasteiger partial charge in [0.05, 0.1) is 6.61 Å². The van der Waals surface area contributed by atoms with Crippen LogP contribution in [-0.4, -0.2) is 31.9 Å². The van der Waals surface area contributed by atoms with Gasteiger partial charge in [0.25, 0.3) is 0 Å². The van der Waals surface area contributed by atoms with Gasteiger partial charge < -0.3 is 15.3 Å². The molecule has 0 saturated carbocycles. The summed E-state index contributed by atoms with van der Waals surface area (Å²) >= 11 is 6.32. The molecule has 1 unspecified atom stereocenters. The third-order valence-corrected chi connectivity index (χ3v) is 3.44. The molecule has 1 aromatic rings. The average molecular weight is 271 g/mol. The minimum atomic E-state index is 0.159. The van der Waals surface area contributed by atoms with Crippen molar-refractivity contribution in [2.24, 2.45) is 0 Å². The van der Waals surface area contributed by atoms with E-state index in [0.29, 0.717) is 6.54 Å². The Morgan fingerprint density at radius 2 is 2.11 bits per heavy atom. The van der Waals surface area contributed by atoms with Gasteiger partial charge >= 0.3 is 0 Å². The van der Waals surface area contributed by atoms with E-state index in [-0.39, 0.29) is 12.6 Å². The Hall–Kier alpha value is -0.770. The van der Waals surface area contributed by atoms with E-state index < -0.39 is 0 Å². The fourth-order valence-electron chi connectivity index (χ4n) is 1.98. The smallest absolute Gasteiger partial charge is 0.0606 e. The van der Waals surface area contributed by atoms with E-state index in [2.05, 4.69) is 36.2 Å². The van der Waals surface area contributed by atoms with Crippen molar-refractivity contribution in [2.45, 2.75) is 26.3 Å². The Morgan fingerprint density at radius 3 is 2.61 bits per heavy atom. The largest absolute Gasteiger partial charge is 0.395 e. The first-order chi connectivity index (χ1) is 8.63. The second-order valence-electron chi connectivity index (χ2n) is 4.43. The highest BCUT2D eigenvalue weighted by molar-refractivity contribution is 6.31. The molecular weight excluding hydrogens is 248 g/mol. The zero-order valence-electron chi connectivity index (χ0n) is 11.4. The molecule has 4 heteroatoms. The van der Waals surface area contributed by atoms with Crippen molar-refractivity contribution < 1.29 is 5.11 Å². The molecule has 3 nitrogen and oxygen atoms in total. The molecule has 0 fully saturated rings. The van der Waals surface area contributed by atoms with Crippen molar-refractivity contribution in [3.05, 3.63) is 28.8 Å². The molecule has 0 aromatic heterocycles. The topological polar surface area (TPSA) is 35.5 Å². The van der Waals surface area contributed by atoms with Gasteiger partial charge in [-0.2, -0.15) is 0 Å². The zero-order valence-corrected chi connectivity index (χ0v) is 12.2.